The summed E-state index contributed by atoms with van der Waals surface area (Å²) in [5, 5.41) is 0. The molecule has 0 saturated carbocycles. The molecule has 0 bridgehead atoms. The highest BCUT2D eigenvalue weighted by atomic mass is 79.9. The van der Waals surface area contributed by atoms with Gasteiger partial charge in [0, 0.05) is 19.7 Å². The summed E-state index contributed by atoms with van der Waals surface area (Å²) in [5.74, 6) is 0.539. The van der Waals surface area contributed by atoms with Gasteiger partial charge in [0.1, 0.15) is 10.7 Å². The first-order chi connectivity index (χ1) is 8.87. The molecule has 5 nitrogen and oxygen atoms in total. The van der Waals surface area contributed by atoms with Crippen LogP contribution in [0.3, 0.4) is 0 Å². The summed E-state index contributed by atoms with van der Waals surface area (Å²) < 4.78 is 37.3. The monoisotopic (exact) mass is 371 g/mol. The van der Waals surface area contributed by atoms with Gasteiger partial charge >= 0.3 is 0 Å². The average Bonchev–Trinajstić information content (AvgIpc) is 2.94. The predicted octanol–water partition coefficient (Wildman–Crippen LogP) is 2.58. The lowest BCUT2D eigenvalue weighted by Crippen LogP contribution is -2.40. The zero-order valence-electron chi connectivity index (χ0n) is 10.6. The van der Waals surface area contributed by atoms with Gasteiger partial charge in [-0.15, -0.1) is 11.6 Å². The largest absolute Gasteiger partial charge is 0.452 e. The molecule has 1 aromatic rings. The van der Waals surface area contributed by atoms with E-state index < -0.39 is 10.0 Å². The Hall–Kier alpha value is -0.0800. The molecule has 19 heavy (non-hydrogen) atoms. The van der Waals surface area contributed by atoms with Crippen LogP contribution in [-0.4, -0.2) is 38.5 Å². The molecule has 2 rings (SSSR count). The third kappa shape index (κ3) is 2.85. The van der Waals surface area contributed by atoms with E-state index in [1.165, 1.54) is 10.4 Å². The summed E-state index contributed by atoms with van der Waals surface area (Å²) in [5.41, 5.74) is 0. The third-order valence-corrected chi connectivity index (χ3v) is 6.30. The van der Waals surface area contributed by atoms with Crippen LogP contribution in [0, 0.1) is 0 Å². The van der Waals surface area contributed by atoms with Crippen molar-refractivity contribution in [3.05, 3.63) is 16.5 Å². The van der Waals surface area contributed by atoms with Crippen molar-refractivity contribution in [3.8, 4) is 0 Å². The molecule has 0 amide bonds. The van der Waals surface area contributed by atoms with Gasteiger partial charge in [0.15, 0.2) is 4.67 Å². The molecule has 0 N–H and O–H groups in total. The molecule has 0 aliphatic carbocycles. The van der Waals surface area contributed by atoms with Crippen LogP contribution in [-0.2, 0) is 20.6 Å². The predicted molar refractivity (Wildman–Crippen MR) is 74.7 cm³/mol. The Bertz CT molecular complexity index is 559. The second-order valence-electron chi connectivity index (χ2n) is 4.44. The summed E-state index contributed by atoms with van der Waals surface area (Å²) in [4.78, 5) is 0.102. The number of alkyl halides is 1. The van der Waals surface area contributed by atoms with Crippen LogP contribution in [0.25, 0.3) is 0 Å². The lowest BCUT2D eigenvalue weighted by atomic mass is 10.2. The highest BCUT2D eigenvalue weighted by molar-refractivity contribution is 9.10. The Morgan fingerprint density at radius 2 is 2.26 bits per heavy atom. The quantitative estimate of drug-likeness (QED) is 0.762. The van der Waals surface area contributed by atoms with E-state index in [0.717, 1.165) is 0 Å². The van der Waals surface area contributed by atoms with Gasteiger partial charge in [-0.25, -0.2) is 8.42 Å². The van der Waals surface area contributed by atoms with Crippen molar-refractivity contribution in [2.75, 3.05) is 13.7 Å². The summed E-state index contributed by atoms with van der Waals surface area (Å²) >= 11 is 8.77. The van der Waals surface area contributed by atoms with E-state index in [2.05, 4.69) is 15.9 Å². The van der Waals surface area contributed by atoms with Crippen molar-refractivity contribution in [2.45, 2.75) is 36.3 Å². The molecule has 1 fully saturated rings. The SMILES string of the molecule is CC1OCCC1N(C)S(=O)(=O)c1cc(CCl)oc1Br. The molecule has 0 spiro atoms. The maximum Gasteiger partial charge on any atom is 0.247 e. The average molecular weight is 373 g/mol. The van der Waals surface area contributed by atoms with Gasteiger partial charge in [-0.05, 0) is 29.3 Å². The van der Waals surface area contributed by atoms with E-state index in [1.54, 1.807) is 7.05 Å². The number of likely N-dealkylation sites (N-methyl/N-ethyl adjacent to an activating group) is 1. The van der Waals surface area contributed by atoms with Gasteiger partial charge in [-0.1, -0.05) is 0 Å². The lowest BCUT2D eigenvalue weighted by Gasteiger charge is -2.25. The highest BCUT2D eigenvalue weighted by Gasteiger charge is 2.37. The lowest BCUT2D eigenvalue weighted by molar-refractivity contribution is 0.102. The van der Waals surface area contributed by atoms with E-state index >= 15 is 0 Å². The van der Waals surface area contributed by atoms with Crippen molar-refractivity contribution in [1.82, 2.24) is 4.31 Å². The normalized spacial score (nSPS) is 24.3. The van der Waals surface area contributed by atoms with Crippen molar-refractivity contribution in [3.63, 3.8) is 0 Å². The topological polar surface area (TPSA) is 59.8 Å². The minimum Gasteiger partial charge on any atom is -0.452 e. The van der Waals surface area contributed by atoms with Crippen molar-refractivity contribution in [2.24, 2.45) is 0 Å². The van der Waals surface area contributed by atoms with Crippen LogP contribution >= 0.6 is 27.5 Å². The molecular weight excluding hydrogens is 358 g/mol. The van der Waals surface area contributed by atoms with Crippen LogP contribution in [0.1, 0.15) is 19.1 Å². The minimum atomic E-state index is -3.62. The standard InChI is InChI=1S/C11H15BrClNO4S/c1-7-9(3-4-17-7)14(2)19(15,16)10-5-8(6-13)18-11(10)12/h5,7,9H,3-4,6H2,1-2H3. The smallest absolute Gasteiger partial charge is 0.247 e. The number of ether oxygens (including phenoxy) is 1. The Morgan fingerprint density at radius 1 is 1.58 bits per heavy atom. The van der Waals surface area contributed by atoms with Gasteiger partial charge in [0.05, 0.1) is 18.0 Å². The van der Waals surface area contributed by atoms with Crippen LogP contribution in [0.15, 0.2) is 20.0 Å². The third-order valence-electron chi connectivity index (χ3n) is 3.30. The molecule has 0 radical (unpaired) electrons. The van der Waals surface area contributed by atoms with Gasteiger partial charge in [0.25, 0.3) is 0 Å². The van der Waals surface area contributed by atoms with E-state index in [9.17, 15) is 8.42 Å². The number of nitrogens with zero attached hydrogens (tertiary/aromatic N) is 1. The van der Waals surface area contributed by atoms with Crippen LogP contribution in [0.4, 0.5) is 0 Å². The molecule has 108 valence electrons. The van der Waals surface area contributed by atoms with Gasteiger partial charge in [-0.3, -0.25) is 0 Å². The Balaban J connectivity index is 2.33. The fourth-order valence-electron chi connectivity index (χ4n) is 2.17. The van der Waals surface area contributed by atoms with Gasteiger partial charge < -0.3 is 9.15 Å². The molecule has 8 heteroatoms. The Morgan fingerprint density at radius 3 is 2.74 bits per heavy atom. The number of hydrogen-bond acceptors (Lipinski definition) is 4. The second-order valence-corrected chi connectivity index (χ2v) is 7.39. The molecule has 1 aromatic heterocycles. The fraction of sp³-hybridized carbons (Fsp3) is 0.636. The molecule has 1 saturated heterocycles. The molecule has 1 aliphatic heterocycles. The van der Waals surface area contributed by atoms with Crippen LogP contribution in [0.2, 0.25) is 0 Å². The van der Waals surface area contributed by atoms with Gasteiger partial charge in [0.2, 0.25) is 10.0 Å². The highest BCUT2D eigenvalue weighted by Crippen LogP contribution is 2.31. The van der Waals surface area contributed by atoms with Crippen LogP contribution < -0.4 is 0 Å². The van der Waals surface area contributed by atoms with Crippen LogP contribution in [0.5, 0.6) is 0 Å². The van der Waals surface area contributed by atoms with Crippen molar-refractivity contribution < 1.29 is 17.6 Å². The number of hydrogen-bond donors (Lipinski definition) is 0. The van der Waals surface area contributed by atoms with Crippen molar-refractivity contribution in [1.29, 1.82) is 0 Å². The first kappa shape index (κ1) is 15.3. The zero-order chi connectivity index (χ0) is 14.2. The molecule has 2 heterocycles. The van der Waals surface area contributed by atoms with E-state index in [-0.39, 0.29) is 27.6 Å². The second kappa shape index (κ2) is 5.73. The zero-order valence-corrected chi connectivity index (χ0v) is 13.8. The number of sulfonamides is 1. The molecule has 2 atom stereocenters. The summed E-state index contributed by atoms with van der Waals surface area (Å²) in [7, 11) is -2.06. The summed E-state index contributed by atoms with van der Waals surface area (Å²) in [6, 6.07) is 1.29. The summed E-state index contributed by atoms with van der Waals surface area (Å²) in [6.07, 6.45) is 0.576. The van der Waals surface area contributed by atoms with E-state index in [1.807, 2.05) is 6.92 Å². The van der Waals surface area contributed by atoms with Gasteiger partial charge in [-0.2, -0.15) is 4.31 Å². The van der Waals surface area contributed by atoms with E-state index in [4.69, 9.17) is 20.8 Å². The fourth-order valence-corrected chi connectivity index (χ4v) is 4.71. The maximum atomic E-state index is 12.6. The summed E-state index contributed by atoms with van der Waals surface area (Å²) in [6.45, 7) is 2.45. The first-order valence-electron chi connectivity index (χ1n) is 5.81. The van der Waals surface area contributed by atoms with E-state index in [0.29, 0.717) is 18.8 Å². The molecule has 0 aromatic carbocycles. The maximum absolute atomic E-state index is 12.6. The molecular formula is C11H15BrClNO4S. The number of halogens is 2. The Labute approximate surface area is 126 Å². The molecule has 2 unspecified atom stereocenters. The van der Waals surface area contributed by atoms with Crippen molar-refractivity contribution >= 4 is 37.6 Å². The molecule has 1 aliphatic rings. The number of furan rings is 1. The number of rotatable bonds is 4. The Kier molecular flexibility index (Phi) is 4.62. The minimum absolute atomic E-state index is 0.102. The first-order valence-corrected chi connectivity index (χ1v) is 8.58.